The summed E-state index contributed by atoms with van der Waals surface area (Å²) in [6.45, 7) is 5.72. The summed E-state index contributed by atoms with van der Waals surface area (Å²) in [6, 6.07) is 9.90. The number of unbranched alkanes of at least 4 members (excludes halogenated alkanes) is 1. The highest BCUT2D eigenvalue weighted by molar-refractivity contribution is 5.67. The third-order valence-electron chi connectivity index (χ3n) is 2.91. The van der Waals surface area contributed by atoms with E-state index >= 15 is 0 Å². The highest BCUT2D eigenvalue weighted by Gasteiger charge is 2.08. The zero-order valence-corrected chi connectivity index (χ0v) is 12.1. The minimum atomic E-state index is 0.647. The minimum Gasteiger partial charge on any atom is -0.493 e. The fraction of sp³-hybridized carbons (Fsp3) is 0.375. The van der Waals surface area contributed by atoms with Crippen LogP contribution in [-0.4, -0.2) is 23.1 Å². The zero-order chi connectivity index (χ0) is 14.2. The Morgan fingerprint density at radius 3 is 2.80 bits per heavy atom. The van der Waals surface area contributed by atoms with E-state index in [1.165, 1.54) is 0 Å². The van der Waals surface area contributed by atoms with Crippen molar-refractivity contribution < 1.29 is 4.74 Å². The third kappa shape index (κ3) is 3.70. The van der Waals surface area contributed by atoms with Crippen LogP contribution in [0.4, 0.5) is 5.95 Å². The van der Waals surface area contributed by atoms with Gasteiger partial charge in [-0.15, -0.1) is 0 Å². The van der Waals surface area contributed by atoms with Crippen molar-refractivity contribution >= 4 is 5.95 Å². The molecule has 0 spiro atoms. The average Bonchev–Trinajstić information content (AvgIpc) is 2.49. The number of hydrogen-bond acceptors (Lipinski definition) is 4. The van der Waals surface area contributed by atoms with Gasteiger partial charge in [0.15, 0.2) is 0 Å². The van der Waals surface area contributed by atoms with Crippen LogP contribution < -0.4 is 10.1 Å². The molecule has 4 nitrogen and oxygen atoms in total. The Hall–Kier alpha value is -2.10. The summed E-state index contributed by atoms with van der Waals surface area (Å²) in [6.07, 6.45) is 3.95. The van der Waals surface area contributed by atoms with Crippen LogP contribution in [0.25, 0.3) is 11.3 Å². The van der Waals surface area contributed by atoms with Crippen LogP contribution in [0.1, 0.15) is 26.7 Å². The van der Waals surface area contributed by atoms with E-state index in [9.17, 15) is 0 Å². The highest BCUT2D eigenvalue weighted by Crippen LogP contribution is 2.28. The maximum absolute atomic E-state index is 5.85. The van der Waals surface area contributed by atoms with Crippen LogP contribution in [0.5, 0.6) is 5.75 Å². The smallest absolute Gasteiger partial charge is 0.223 e. The van der Waals surface area contributed by atoms with Crippen LogP contribution >= 0.6 is 0 Å². The van der Waals surface area contributed by atoms with E-state index < -0.39 is 0 Å². The van der Waals surface area contributed by atoms with E-state index in [0.29, 0.717) is 5.95 Å². The largest absolute Gasteiger partial charge is 0.493 e. The Morgan fingerprint density at radius 2 is 2.00 bits per heavy atom. The Kier molecular flexibility index (Phi) is 5.35. The lowest BCUT2D eigenvalue weighted by Gasteiger charge is -2.11. The number of hydrogen-bond donors (Lipinski definition) is 1. The molecule has 4 heteroatoms. The molecule has 1 heterocycles. The lowest BCUT2D eigenvalue weighted by atomic mass is 10.1. The summed E-state index contributed by atoms with van der Waals surface area (Å²) < 4.78 is 5.85. The van der Waals surface area contributed by atoms with Gasteiger partial charge in [-0.2, -0.15) is 0 Å². The van der Waals surface area contributed by atoms with Crippen LogP contribution in [0.3, 0.4) is 0 Å². The Balaban J connectivity index is 2.24. The second kappa shape index (κ2) is 7.48. The average molecular weight is 271 g/mol. The zero-order valence-electron chi connectivity index (χ0n) is 12.1. The monoisotopic (exact) mass is 271 g/mol. The van der Waals surface area contributed by atoms with E-state index in [4.69, 9.17) is 4.74 Å². The molecule has 106 valence electrons. The van der Waals surface area contributed by atoms with Gasteiger partial charge in [0.05, 0.1) is 12.3 Å². The first-order chi connectivity index (χ1) is 9.85. The molecule has 0 aliphatic heterocycles. The van der Waals surface area contributed by atoms with Crippen molar-refractivity contribution in [1.29, 1.82) is 0 Å². The number of ether oxygens (including phenoxy) is 1. The quantitative estimate of drug-likeness (QED) is 0.779. The molecule has 0 radical (unpaired) electrons. The number of rotatable bonds is 7. The van der Waals surface area contributed by atoms with Crippen molar-refractivity contribution in [2.24, 2.45) is 0 Å². The fourth-order valence-electron chi connectivity index (χ4n) is 1.88. The lowest BCUT2D eigenvalue weighted by Crippen LogP contribution is -2.03. The second-order valence-corrected chi connectivity index (χ2v) is 4.49. The van der Waals surface area contributed by atoms with Crippen LogP contribution in [0.2, 0.25) is 0 Å². The molecule has 1 aromatic heterocycles. The van der Waals surface area contributed by atoms with E-state index in [-0.39, 0.29) is 0 Å². The molecule has 2 rings (SSSR count). The van der Waals surface area contributed by atoms with Gasteiger partial charge < -0.3 is 10.1 Å². The molecule has 1 aromatic carbocycles. The molecular weight excluding hydrogens is 250 g/mol. The van der Waals surface area contributed by atoms with Gasteiger partial charge in [-0.1, -0.05) is 25.5 Å². The summed E-state index contributed by atoms with van der Waals surface area (Å²) >= 11 is 0. The van der Waals surface area contributed by atoms with Crippen molar-refractivity contribution in [2.75, 3.05) is 18.5 Å². The number of anilines is 1. The Labute approximate surface area is 120 Å². The van der Waals surface area contributed by atoms with E-state index in [2.05, 4.69) is 22.2 Å². The lowest BCUT2D eigenvalue weighted by molar-refractivity contribution is 0.310. The fourth-order valence-corrected chi connectivity index (χ4v) is 1.88. The predicted molar refractivity (Wildman–Crippen MR) is 82.0 cm³/mol. The predicted octanol–water partition coefficient (Wildman–Crippen LogP) is 3.75. The van der Waals surface area contributed by atoms with Crippen molar-refractivity contribution in [1.82, 2.24) is 9.97 Å². The van der Waals surface area contributed by atoms with Crippen LogP contribution in [0.15, 0.2) is 36.5 Å². The number of nitrogens with zero attached hydrogens (tertiary/aromatic N) is 2. The Morgan fingerprint density at radius 1 is 1.15 bits per heavy atom. The summed E-state index contributed by atoms with van der Waals surface area (Å²) in [5, 5.41) is 3.13. The van der Waals surface area contributed by atoms with E-state index in [1.807, 2.05) is 37.3 Å². The molecule has 0 atom stereocenters. The van der Waals surface area contributed by atoms with Crippen molar-refractivity contribution in [3.63, 3.8) is 0 Å². The van der Waals surface area contributed by atoms with Gasteiger partial charge in [0.25, 0.3) is 0 Å². The number of para-hydroxylation sites is 1. The normalized spacial score (nSPS) is 10.3. The van der Waals surface area contributed by atoms with Gasteiger partial charge in [-0.05, 0) is 31.5 Å². The van der Waals surface area contributed by atoms with Crippen molar-refractivity contribution in [3.8, 4) is 17.0 Å². The van der Waals surface area contributed by atoms with Gasteiger partial charge >= 0.3 is 0 Å². The minimum absolute atomic E-state index is 0.647. The summed E-state index contributed by atoms with van der Waals surface area (Å²) in [7, 11) is 0. The molecule has 20 heavy (non-hydrogen) atoms. The molecule has 0 amide bonds. The molecule has 0 saturated carbocycles. The molecular formula is C16H21N3O. The van der Waals surface area contributed by atoms with Gasteiger partial charge in [0, 0.05) is 18.3 Å². The van der Waals surface area contributed by atoms with Gasteiger partial charge in [0.2, 0.25) is 5.95 Å². The topological polar surface area (TPSA) is 47.0 Å². The molecule has 0 unspecified atom stereocenters. The maximum atomic E-state index is 5.85. The summed E-state index contributed by atoms with van der Waals surface area (Å²) in [5.41, 5.74) is 1.88. The highest BCUT2D eigenvalue weighted by atomic mass is 16.5. The van der Waals surface area contributed by atoms with Crippen molar-refractivity contribution in [3.05, 3.63) is 36.5 Å². The van der Waals surface area contributed by atoms with Gasteiger partial charge in [-0.25, -0.2) is 9.97 Å². The van der Waals surface area contributed by atoms with Gasteiger partial charge in [0.1, 0.15) is 5.75 Å². The maximum Gasteiger partial charge on any atom is 0.223 e. The second-order valence-electron chi connectivity index (χ2n) is 4.49. The molecule has 0 bridgehead atoms. The molecule has 1 N–H and O–H groups in total. The Bertz CT molecular complexity index is 543. The van der Waals surface area contributed by atoms with Crippen molar-refractivity contribution in [2.45, 2.75) is 26.7 Å². The first-order valence-electron chi connectivity index (χ1n) is 7.14. The molecule has 0 aliphatic carbocycles. The van der Waals surface area contributed by atoms with E-state index in [1.54, 1.807) is 6.20 Å². The van der Waals surface area contributed by atoms with E-state index in [0.717, 1.165) is 43.0 Å². The summed E-state index contributed by atoms with van der Waals surface area (Å²) in [5.74, 6) is 1.52. The molecule has 2 aromatic rings. The number of benzene rings is 1. The van der Waals surface area contributed by atoms with Crippen LogP contribution in [0, 0.1) is 0 Å². The first-order valence-corrected chi connectivity index (χ1v) is 7.14. The molecule has 0 aliphatic rings. The number of nitrogens with one attached hydrogen (secondary N) is 1. The molecule has 0 fully saturated rings. The standard InChI is InChI=1S/C16H21N3O/c1-3-5-12-20-15-9-7-6-8-13(15)14-10-11-18-16(19-14)17-4-2/h6-11H,3-5,12H2,1-2H3,(H,17,18,19). The summed E-state index contributed by atoms with van der Waals surface area (Å²) in [4.78, 5) is 8.72. The van der Waals surface area contributed by atoms with Gasteiger partial charge in [-0.3, -0.25) is 0 Å². The van der Waals surface area contributed by atoms with Crippen LogP contribution in [-0.2, 0) is 0 Å². The third-order valence-corrected chi connectivity index (χ3v) is 2.91. The molecule has 0 saturated heterocycles. The first kappa shape index (κ1) is 14.3. The SMILES string of the molecule is CCCCOc1ccccc1-c1ccnc(NCC)n1. The number of aromatic nitrogens is 2.